The number of furan rings is 1. The van der Waals surface area contributed by atoms with Crippen molar-refractivity contribution in [1.29, 1.82) is 0 Å². The average molecular weight is 388 g/mol. The van der Waals surface area contributed by atoms with Crippen molar-refractivity contribution in [3.63, 3.8) is 0 Å². The quantitative estimate of drug-likeness (QED) is 0.705. The zero-order valence-corrected chi connectivity index (χ0v) is 13.5. The fourth-order valence-electron chi connectivity index (χ4n) is 2.06. The SMILES string of the molecule is Cc1ccoc1C(Br)c1cc2c(cc1Br)OCCO2. The van der Waals surface area contributed by atoms with Crippen molar-refractivity contribution in [2.45, 2.75) is 11.8 Å². The summed E-state index contributed by atoms with van der Waals surface area (Å²) in [6.07, 6.45) is 1.70. The fraction of sp³-hybridized carbons (Fsp3) is 0.286. The van der Waals surface area contributed by atoms with Crippen LogP contribution in [-0.2, 0) is 0 Å². The largest absolute Gasteiger partial charge is 0.486 e. The molecule has 19 heavy (non-hydrogen) atoms. The summed E-state index contributed by atoms with van der Waals surface area (Å²) in [5.74, 6) is 2.45. The molecule has 3 rings (SSSR count). The van der Waals surface area contributed by atoms with Gasteiger partial charge in [-0.1, -0.05) is 31.9 Å². The Balaban J connectivity index is 2.03. The van der Waals surface area contributed by atoms with E-state index in [9.17, 15) is 0 Å². The molecule has 5 heteroatoms. The van der Waals surface area contributed by atoms with E-state index in [2.05, 4.69) is 31.9 Å². The van der Waals surface area contributed by atoms with E-state index in [1.807, 2.05) is 25.1 Å². The molecular formula is C14H12Br2O3. The van der Waals surface area contributed by atoms with Crippen LogP contribution in [0.1, 0.15) is 21.7 Å². The number of hydrogen-bond acceptors (Lipinski definition) is 3. The second kappa shape index (κ2) is 5.21. The van der Waals surface area contributed by atoms with Crippen molar-refractivity contribution >= 4 is 31.9 Å². The van der Waals surface area contributed by atoms with Crippen LogP contribution in [0, 0.1) is 6.92 Å². The highest BCUT2D eigenvalue weighted by Crippen LogP contribution is 2.43. The van der Waals surface area contributed by atoms with Crippen LogP contribution < -0.4 is 9.47 Å². The molecule has 0 spiro atoms. The van der Waals surface area contributed by atoms with Crippen molar-refractivity contribution in [2.75, 3.05) is 13.2 Å². The first-order valence-electron chi connectivity index (χ1n) is 5.94. The molecule has 1 aliphatic rings. The van der Waals surface area contributed by atoms with Crippen LogP contribution in [0.3, 0.4) is 0 Å². The van der Waals surface area contributed by atoms with Crippen LogP contribution in [0.25, 0.3) is 0 Å². The Bertz CT molecular complexity index is 607. The monoisotopic (exact) mass is 386 g/mol. The molecule has 0 amide bonds. The smallest absolute Gasteiger partial charge is 0.162 e. The molecule has 1 aliphatic heterocycles. The van der Waals surface area contributed by atoms with Gasteiger partial charge in [0.1, 0.15) is 19.0 Å². The van der Waals surface area contributed by atoms with Crippen molar-refractivity contribution in [3.05, 3.63) is 45.8 Å². The maximum Gasteiger partial charge on any atom is 0.162 e. The summed E-state index contributed by atoms with van der Waals surface area (Å²) in [5, 5.41) is 0. The minimum Gasteiger partial charge on any atom is -0.486 e. The molecule has 0 saturated heterocycles. The molecule has 2 heterocycles. The third-order valence-electron chi connectivity index (χ3n) is 3.07. The third-order valence-corrected chi connectivity index (χ3v) is 4.66. The van der Waals surface area contributed by atoms with E-state index < -0.39 is 0 Å². The van der Waals surface area contributed by atoms with Crippen LogP contribution in [0.15, 0.2) is 33.4 Å². The highest BCUT2D eigenvalue weighted by atomic mass is 79.9. The summed E-state index contributed by atoms with van der Waals surface area (Å²) in [5.41, 5.74) is 2.17. The van der Waals surface area contributed by atoms with Gasteiger partial charge < -0.3 is 13.9 Å². The van der Waals surface area contributed by atoms with E-state index in [4.69, 9.17) is 13.9 Å². The topological polar surface area (TPSA) is 31.6 Å². The minimum atomic E-state index is -0.0206. The van der Waals surface area contributed by atoms with E-state index in [1.54, 1.807) is 6.26 Å². The Labute approximate surface area is 128 Å². The lowest BCUT2D eigenvalue weighted by Crippen LogP contribution is -2.15. The molecule has 1 aromatic carbocycles. The predicted molar refractivity (Wildman–Crippen MR) is 79.3 cm³/mol. The van der Waals surface area contributed by atoms with Crippen molar-refractivity contribution in [3.8, 4) is 11.5 Å². The molecule has 1 unspecified atom stereocenters. The first-order valence-corrected chi connectivity index (χ1v) is 7.65. The zero-order chi connectivity index (χ0) is 13.4. The summed E-state index contributed by atoms with van der Waals surface area (Å²) in [6.45, 7) is 3.20. The Hall–Kier alpha value is -0.940. The standard InChI is InChI=1S/C14H12Br2O3/c1-8-2-3-19-14(8)13(16)9-6-11-12(7-10(9)15)18-5-4-17-11/h2-3,6-7,13H,4-5H2,1H3. The van der Waals surface area contributed by atoms with Crippen LogP contribution in [-0.4, -0.2) is 13.2 Å². The number of benzene rings is 1. The summed E-state index contributed by atoms with van der Waals surface area (Å²) >= 11 is 7.26. The van der Waals surface area contributed by atoms with Crippen LogP contribution in [0.5, 0.6) is 11.5 Å². The maximum absolute atomic E-state index is 5.62. The van der Waals surface area contributed by atoms with Gasteiger partial charge in [0, 0.05) is 4.47 Å². The van der Waals surface area contributed by atoms with Gasteiger partial charge >= 0.3 is 0 Å². The molecule has 0 saturated carbocycles. The molecular weight excluding hydrogens is 376 g/mol. The lowest BCUT2D eigenvalue weighted by atomic mass is 10.1. The van der Waals surface area contributed by atoms with Crippen LogP contribution in [0.2, 0.25) is 0 Å². The number of ether oxygens (including phenoxy) is 2. The summed E-state index contributed by atoms with van der Waals surface area (Å²) in [7, 11) is 0. The van der Waals surface area contributed by atoms with Gasteiger partial charge in [-0.2, -0.15) is 0 Å². The molecule has 0 bridgehead atoms. The van der Waals surface area contributed by atoms with Crippen molar-refractivity contribution in [2.24, 2.45) is 0 Å². The molecule has 0 fully saturated rings. The van der Waals surface area contributed by atoms with Crippen LogP contribution >= 0.6 is 31.9 Å². The molecule has 0 aliphatic carbocycles. The van der Waals surface area contributed by atoms with E-state index in [1.165, 1.54) is 0 Å². The maximum atomic E-state index is 5.62. The highest BCUT2D eigenvalue weighted by molar-refractivity contribution is 9.11. The normalized spacial score (nSPS) is 15.3. The summed E-state index contributed by atoms with van der Waals surface area (Å²) in [6, 6.07) is 5.88. The lowest BCUT2D eigenvalue weighted by molar-refractivity contribution is 0.171. The molecule has 0 radical (unpaired) electrons. The second-order valence-corrected chi connectivity index (χ2v) is 6.12. The number of halogens is 2. The average Bonchev–Trinajstić information content (AvgIpc) is 2.83. The van der Waals surface area contributed by atoms with E-state index in [0.717, 1.165) is 32.9 Å². The van der Waals surface area contributed by atoms with Gasteiger partial charge in [-0.15, -0.1) is 0 Å². The Morgan fingerprint density at radius 2 is 1.84 bits per heavy atom. The van der Waals surface area contributed by atoms with Gasteiger partial charge in [-0.25, -0.2) is 0 Å². The van der Waals surface area contributed by atoms with E-state index in [-0.39, 0.29) is 4.83 Å². The van der Waals surface area contributed by atoms with Gasteiger partial charge in [-0.05, 0) is 36.2 Å². The second-order valence-electron chi connectivity index (χ2n) is 4.35. The molecule has 100 valence electrons. The van der Waals surface area contributed by atoms with E-state index in [0.29, 0.717) is 13.2 Å². The molecule has 2 aromatic rings. The van der Waals surface area contributed by atoms with Gasteiger partial charge in [0.15, 0.2) is 11.5 Å². The summed E-state index contributed by atoms with van der Waals surface area (Å²) in [4.78, 5) is -0.0206. The Morgan fingerprint density at radius 1 is 1.16 bits per heavy atom. The van der Waals surface area contributed by atoms with Gasteiger partial charge in [-0.3, -0.25) is 0 Å². The first kappa shape index (κ1) is 13.1. The number of rotatable bonds is 2. The molecule has 1 aromatic heterocycles. The van der Waals surface area contributed by atoms with Gasteiger partial charge in [0.05, 0.1) is 11.1 Å². The Kier molecular flexibility index (Phi) is 3.58. The molecule has 1 atom stereocenters. The van der Waals surface area contributed by atoms with E-state index >= 15 is 0 Å². The van der Waals surface area contributed by atoms with Gasteiger partial charge in [0.25, 0.3) is 0 Å². The fourth-order valence-corrected chi connectivity index (χ4v) is 3.77. The predicted octanol–water partition coefficient (Wildman–Crippen LogP) is 4.61. The minimum absolute atomic E-state index is 0.0206. The number of fused-ring (bicyclic) bond motifs is 1. The summed E-state index contributed by atoms with van der Waals surface area (Å²) < 4.78 is 17.7. The number of aryl methyl sites for hydroxylation is 1. The molecule has 0 N–H and O–H groups in total. The Morgan fingerprint density at radius 3 is 2.47 bits per heavy atom. The first-order chi connectivity index (χ1) is 9.16. The highest BCUT2D eigenvalue weighted by Gasteiger charge is 2.22. The third kappa shape index (κ3) is 2.41. The zero-order valence-electron chi connectivity index (χ0n) is 10.3. The van der Waals surface area contributed by atoms with Crippen LogP contribution in [0.4, 0.5) is 0 Å². The van der Waals surface area contributed by atoms with Crippen molar-refractivity contribution in [1.82, 2.24) is 0 Å². The van der Waals surface area contributed by atoms with Crippen molar-refractivity contribution < 1.29 is 13.9 Å². The molecule has 3 nitrogen and oxygen atoms in total. The van der Waals surface area contributed by atoms with Gasteiger partial charge in [0.2, 0.25) is 0 Å². The number of hydrogen-bond donors (Lipinski definition) is 0. The number of alkyl halides is 1. The lowest BCUT2D eigenvalue weighted by Gasteiger charge is -2.21.